The van der Waals surface area contributed by atoms with Crippen LogP contribution in [0.1, 0.15) is 18.5 Å². The summed E-state index contributed by atoms with van der Waals surface area (Å²) in [6.07, 6.45) is 6.35. The number of carbonyl (C=O) groups is 1. The van der Waals surface area contributed by atoms with Gasteiger partial charge in [-0.2, -0.15) is 5.10 Å². The molecule has 2 aromatic rings. The van der Waals surface area contributed by atoms with Gasteiger partial charge in [-0.3, -0.25) is 9.78 Å². The van der Waals surface area contributed by atoms with E-state index in [-0.39, 0.29) is 11.9 Å². The Morgan fingerprint density at radius 2 is 2.41 bits per heavy atom. The highest BCUT2D eigenvalue weighted by Gasteiger charge is 2.14. The van der Waals surface area contributed by atoms with E-state index in [1.807, 2.05) is 12.1 Å². The van der Waals surface area contributed by atoms with Gasteiger partial charge in [0, 0.05) is 18.9 Å². The molecule has 0 saturated heterocycles. The number of nitrogens with zero attached hydrogens (tertiary/aromatic N) is 4. The predicted octanol–water partition coefficient (Wildman–Crippen LogP) is 0.551. The minimum atomic E-state index is -0.367. The fourth-order valence-corrected chi connectivity index (χ4v) is 1.38. The lowest BCUT2D eigenvalue weighted by molar-refractivity contribution is -0.124. The van der Waals surface area contributed by atoms with Crippen LogP contribution in [0.3, 0.4) is 0 Å². The van der Waals surface area contributed by atoms with E-state index in [2.05, 4.69) is 20.4 Å². The Morgan fingerprint density at radius 3 is 3.06 bits per heavy atom. The zero-order valence-corrected chi connectivity index (χ0v) is 9.45. The number of nitrogens with one attached hydrogen (secondary N) is 1. The fraction of sp³-hybridized carbons (Fsp3) is 0.273. The van der Waals surface area contributed by atoms with Crippen molar-refractivity contribution in [1.82, 2.24) is 25.1 Å². The molecule has 0 fully saturated rings. The Kier molecular flexibility index (Phi) is 3.44. The first-order valence-corrected chi connectivity index (χ1v) is 5.28. The molecular weight excluding hydrogens is 218 g/mol. The highest BCUT2D eigenvalue weighted by atomic mass is 16.2. The maximum absolute atomic E-state index is 11.8. The second-order valence-corrected chi connectivity index (χ2v) is 3.63. The van der Waals surface area contributed by atoms with Gasteiger partial charge in [0.05, 0.1) is 0 Å². The number of hydrogen-bond donors (Lipinski definition) is 1. The summed E-state index contributed by atoms with van der Waals surface area (Å²) in [5, 5.41) is 6.74. The normalized spacial score (nSPS) is 12.1. The van der Waals surface area contributed by atoms with Gasteiger partial charge in [0.2, 0.25) is 5.91 Å². The highest BCUT2D eigenvalue weighted by Crippen LogP contribution is 2.02. The summed E-state index contributed by atoms with van der Waals surface area (Å²) in [4.78, 5) is 19.6. The van der Waals surface area contributed by atoms with Gasteiger partial charge in [-0.15, -0.1) is 0 Å². The molecule has 0 aliphatic carbocycles. The minimum Gasteiger partial charge on any atom is -0.350 e. The van der Waals surface area contributed by atoms with Gasteiger partial charge in [-0.05, 0) is 18.6 Å². The van der Waals surface area contributed by atoms with Crippen LogP contribution >= 0.6 is 0 Å². The van der Waals surface area contributed by atoms with E-state index in [0.717, 1.165) is 5.56 Å². The number of hydrogen-bond acceptors (Lipinski definition) is 4. The quantitative estimate of drug-likeness (QED) is 0.834. The van der Waals surface area contributed by atoms with Crippen molar-refractivity contribution in [2.75, 3.05) is 0 Å². The van der Waals surface area contributed by atoms with Crippen molar-refractivity contribution in [2.24, 2.45) is 0 Å². The molecule has 88 valence electrons. The van der Waals surface area contributed by atoms with E-state index in [1.54, 1.807) is 19.3 Å². The average Bonchev–Trinajstić information content (AvgIpc) is 2.90. The molecule has 0 bridgehead atoms. The van der Waals surface area contributed by atoms with Crippen molar-refractivity contribution in [3.05, 3.63) is 42.7 Å². The first-order valence-electron chi connectivity index (χ1n) is 5.28. The topological polar surface area (TPSA) is 72.7 Å². The molecular formula is C11H13N5O. The molecule has 2 aromatic heterocycles. The van der Waals surface area contributed by atoms with Crippen molar-refractivity contribution >= 4 is 5.91 Å². The van der Waals surface area contributed by atoms with Crippen LogP contribution in [0.25, 0.3) is 0 Å². The van der Waals surface area contributed by atoms with E-state index >= 15 is 0 Å². The van der Waals surface area contributed by atoms with Gasteiger partial charge in [0.25, 0.3) is 0 Å². The largest absolute Gasteiger partial charge is 0.350 e. The van der Waals surface area contributed by atoms with E-state index in [9.17, 15) is 4.79 Å². The van der Waals surface area contributed by atoms with Gasteiger partial charge in [-0.25, -0.2) is 9.67 Å². The first-order chi connectivity index (χ1) is 8.27. The lowest BCUT2D eigenvalue weighted by Gasteiger charge is -2.11. The maximum atomic E-state index is 11.8. The molecule has 2 rings (SSSR count). The number of carbonyl (C=O) groups excluding carboxylic acids is 1. The Bertz CT molecular complexity index is 468. The molecule has 1 amide bonds. The average molecular weight is 231 g/mol. The predicted molar refractivity (Wildman–Crippen MR) is 60.8 cm³/mol. The van der Waals surface area contributed by atoms with Gasteiger partial charge in [0.15, 0.2) is 0 Å². The number of amides is 1. The summed E-state index contributed by atoms with van der Waals surface area (Å²) in [6, 6.07) is 3.38. The van der Waals surface area contributed by atoms with E-state index in [0.29, 0.717) is 6.54 Å². The molecule has 1 N–H and O–H groups in total. The molecule has 6 nitrogen and oxygen atoms in total. The molecule has 0 radical (unpaired) electrons. The molecule has 2 heterocycles. The number of pyridine rings is 1. The summed E-state index contributed by atoms with van der Waals surface area (Å²) in [5.74, 6) is -0.0978. The monoisotopic (exact) mass is 231 g/mol. The van der Waals surface area contributed by atoms with Crippen LogP contribution in [0.4, 0.5) is 0 Å². The maximum Gasteiger partial charge on any atom is 0.244 e. The van der Waals surface area contributed by atoms with Gasteiger partial charge in [0.1, 0.15) is 18.7 Å². The molecule has 0 aromatic carbocycles. The third kappa shape index (κ3) is 2.87. The Hall–Kier alpha value is -2.24. The summed E-state index contributed by atoms with van der Waals surface area (Å²) in [7, 11) is 0. The molecule has 0 saturated carbocycles. The van der Waals surface area contributed by atoms with Crippen molar-refractivity contribution in [1.29, 1.82) is 0 Å². The molecule has 0 spiro atoms. The second-order valence-electron chi connectivity index (χ2n) is 3.63. The zero-order valence-electron chi connectivity index (χ0n) is 9.45. The standard InChI is InChI=1S/C11H13N5O/c1-9(16-8-13-7-15-16)11(17)14-6-10-3-2-4-12-5-10/h2-5,7-9H,6H2,1H3,(H,14,17)/t9-/m0/s1. The van der Waals surface area contributed by atoms with Gasteiger partial charge >= 0.3 is 0 Å². The summed E-state index contributed by atoms with van der Waals surface area (Å²) >= 11 is 0. The number of aromatic nitrogens is 4. The van der Waals surface area contributed by atoms with Crippen LogP contribution in [0, 0.1) is 0 Å². The second kappa shape index (κ2) is 5.20. The fourth-order valence-electron chi connectivity index (χ4n) is 1.38. The summed E-state index contributed by atoms with van der Waals surface area (Å²) < 4.78 is 1.51. The first kappa shape index (κ1) is 11.3. The zero-order chi connectivity index (χ0) is 12.1. The molecule has 6 heteroatoms. The third-order valence-electron chi connectivity index (χ3n) is 2.40. The molecule has 0 unspecified atom stereocenters. The van der Waals surface area contributed by atoms with E-state index in [1.165, 1.54) is 17.3 Å². The lowest BCUT2D eigenvalue weighted by Crippen LogP contribution is -2.30. The number of rotatable bonds is 4. The smallest absolute Gasteiger partial charge is 0.244 e. The molecule has 0 aliphatic heterocycles. The molecule has 0 aliphatic rings. The van der Waals surface area contributed by atoms with Gasteiger partial charge in [-0.1, -0.05) is 6.07 Å². The van der Waals surface area contributed by atoms with Crippen LogP contribution < -0.4 is 5.32 Å². The SMILES string of the molecule is C[C@@H](C(=O)NCc1cccnc1)n1cncn1. The Balaban J connectivity index is 1.90. The van der Waals surface area contributed by atoms with Gasteiger partial charge < -0.3 is 5.32 Å². The van der Waals surface area contributed by atoms with E-state index < -0.39 is 0 Å². The van der Waals surface area contributed by atoms with Crippen LogP contribution in [0.2, 0.25) is 0 Å². The Morgan fingerprint density at radius 1 is 1.53 bits per heavy atom. The van der Waals surface area contributed by atoms with Crippen LogP contribution in [0.5, 0.6) is 0 Å². The van der Waals surface area contributed by atoms with Crippen LogP contribution in [0.15, 0.2) is 37.2 Å². The summed E-state index contributed by atoms with van der Waals surface area (Å²) in [5.41, 5.74) is 0.964. The van der Waals surface area contributed by atoms with Crippen LogP contribution in [-0.4, -0.2) is 25.7 Å². The van der Waals surface area contributed by atoms with Crippen molar-refractivity contribution in [2.45, 2.75) is 19.5 Å². The minimum absolute atomic E-state index is 0.0978. The van der Waals surface area contributed by atoms with Crippen LogP contribution in [-0.2, 0) is 11.3 Å². The van der Waals surface area contributed by atoms with Crippen molar-refractivity contribution in [3.8, 4) is 0 Å². The van der Waals surface area contributed by atoms with Crippen molar-refractivity contribution in [3.63, 3.8) is 0 Å². The Labute approximate surface area is 98.7 Å². The third-order valence-corrected chi connectivity index (χ3v) is 2.40. The van der Waals surface area contributed by atoms with Crippen molar-refractivity contribution < 1.29 is 4.79 Å². The highest BCUT2D eigenvalue weighted by molar-refractivity contribution is 5.79. The molecule has 1 atom stereocenters. The molecule has 17 heavy (non-hydrogen) atoms. The lowest BCUT2D eigenvalue weighted by atomic mass is 10.2. The summed E-state index contributed by atoms with van der Waals surface area (Å²) in [6.45, 7) is 2.24. The van der Waals surface area contributed by atoms with E-state index in [4.69, 9.17) is 0 Å².